The highest BCUT2D eigenvalue weighted by Crippen LogP contribution is 2.23. The maximum absolute atomic E-state index is 10.9. The van der Waals surface area contributed by atoms with Gasteiger partial charge in [-0.1, -0.05) is 30.4 Å². The summed E-state index contributed by atoms with van der Waals surface area (Å²) in [6.07, 6.45) is 5.91. The first-order valence-electron chi connectivity index (χ1n) is 9.75. The molecule has 0 aliphatic rings. The van der Waals surface area contributed by atoms with Crippen molar-refractivity contribution in [3.05, 3.63) is 89.7 Å². The summed E-state index contributed by atoms with van der Waals surface area (Å²) in [6.45, 7) is 4.02. The zero-order valence-corrected chi connectivity index (χ0v) is 16.8. The fourth-order valence-corrected chi connectivity index (χ4v) is 3.23. The summed E-state index contributed by atoms with van der Waals surface area (Å²) < 4.78 is 7.76. The van der Waals surface area contributed by atoms with Crippen LogP contribution in [0.4, 0.5) is 0 Å². The molecule has 1 N–H and O–H groups in total. The van der Waals surface area contributed by atoms with Gasteiger partial charge in [0, 0.05) is 5.69 Å². The van der Waals surface area contributed by atoms with Crippen molar-refractivity contribution in [2.45, 2.75) is 20.0 Å². The van der Waals surface area contributed by atoms with E-state index in [1.165, 1.54) is 0 Å². The average molecular weight is 398 g/mol. The van der Waals surface area contributed by atoms with Crippen LogP contribution in [0, 0.1) is 0 Å². The number of hydrogen-bond acceptors (Lipinski definition) is 3. The van der Waals surface area contributed by atoms with E-state index in [9.17, 15) is 4.79 Å². The van der Waals surface area contributed by atoms with Crippen LogP contribution in [0.5, 0.6) is 5.75 Å². The lowest BCUT2D eigenvalue weighted by molar-refractivity contribution is 0.0697. The highest BCUT2D eigenvalue weighted by molar-refractivity contribution is 5.88. The van der Waals surface area contributed by atoms with E-state index >= 15 is 0 Å². The van der Waals surface area contributed by atoms with Crippen LogP contribution in [0.15, 0.2) is 73.1 Å². The normalized spacial score (nSPS) is 11.4. The van der Waals surface area contributed by atoms with Crippen LogP contribution in [0.1, 0.15) is 35.3 Å². The third-order valence-corrected chi connectivity index (χ3v) is 4.68. The minimum absolute atomic E-state index is 0.145. The van der Waals surface area contributed by atoms with Crippen LogP contribution in [-0.2, 0) is 0 Å². The van der Waals surface area contributed by atoms with Gasteiger partial charge in [0.1, 0.15) is 12.1 Å². The molecule has 30 heavy (non-hydrogen) atoms. The Hall–Kier alpha value is -3.86. The van der Waals surface area contributed by atoms with Crippen molar-refractivity contribution in [2.75, 3.05) is 0 Å². The standard InChI is InChI=1S/C25H22N2O3/c1-17(2)30-22-12-10-21(11-13-22)27-16-26-23-15-19(7-14-24(23)27)4-3-18-5-8-20(9-6-18)25(28)29/h3-17H,1-2H3,(H,28,29)/b4-3+. The molecule has 0 spiro atoms. The van der Waals surface area contributed by atoms with Gasteiger partial charge in [-0.15, -0.1) is 0 Å². The molecule has 4 aromatic rings. The van der Waals surface area contributed by atoms with Crippen LogP contribution in [0.2, 0.25) is 0 Å². The number of fused-ring (bicyclic) bond motifs is 1. The van der Waals surface area contributed by atoms with Crippen LogP contribution in [-0.4, -0.2) is 26.7 Å². The lowest BCUT2D eigenvalue weighted by Gasteiger charge is -2.10. The van der Waals surface area contributed by atoms with E-state index in [1.807, 2.05) is 79.4 Å². The van der Waals surface area contributed by atoms with E-state index in [0.717, 1.165) is 33.6 Å². The first-order chi connectivity index (χ1) is 14.5. The third-order valence-electron chi connectivity index (χ3n) is 4.68. The van der Waals surface area contributed by atoms with Crippen molar-refractivity contribution in [3.8, 4) is 11.4 Å². The van der Waals surface area contributed by atoms with Gasteiger partial charge in [0.15, 0.2) is 0 Å². The van der Waals surface area contributed by atoms with Gasteiger partial charge in [-0.05, 0) is 73.5 Å². The quantitative estimate of drug-likeness (QED) is 0.424. The number of ether oxygens (including phenoxy) is 1. The Labute approximate surface area is 174 Å². The van der Waals surface area contributed by atoms with Gasteiger partial charge in [0.05, 0.1) is 22.7 Å². The van der Waals surface area contributed by atoms with Crippen molar-refractivity contribution >= 4 is 29.2 Å². The first kappa shape index (κ1) is 19.5. The van der Waals surface area contributed by atoms with Gasteiger partial charge < -0.3 is 9.84 Å². The molecule has 5 nitrogen and oxygen atoms in total. The number of imidazole rings is 1. The number of rotatable bonds is 6. The second-order valence-corrected chi connectivity index (χ2v) is 7.28. The molecular formula is C25H22N2O3. The lowest BCUT2D eigenvalue weighted by atomic mass is 10.1. The molecule has 0 amide bonds. The first-order valence-corrected chi connectivity index (χ1v) is 9.75. The summed E-state index contributed by atoms with van der Waals surface area (Å²) in [5, 5.41) is 8.98. The Bertz CT molecular complexity index is 1200. The van der Waals surface area contributed by atoms with Crippen molar-refractivity contribution < 1.29 is 14.6 Å². The largest absolute Gasteiger partial charge is 0.491 e. The van der Waals surface area contributed by atoms with Crippen LogP contribution in [0.3, 0.4) is 0 Å². The van der Waals surface area contributed by atoms with Crippen molar-refractivity contribution in [2.24, 2.45) is 0 Å². The zero-order valence-electron chi connectivity index (χ0n) is 16.8. The number of carboxylic acids is 1. The average Bonchev–Trinajstić information content (AvgIpc) is 3.16. The highest BCUT2D eigenvalue weighted by atomic mass is 16.5. The predicted molar refractivity (Wildman–Crippen MR) is 119 cm³/mol. The molecule has 0 saturated carbocycles. The van der Waals surface area contributed by atoms with Crippen molar-refractivity contribution in [1.82, 2.24) is 9.55 Å². The van der Waals surface area contributed by atoms with Gasteiger partial charge in [0.2, 0.25) is 0 Å². The Balaban J connectivity index is 1.55. The Morgan fingerprint density at radius 3 is 2.30 bits per heavy atom. The van der Waals surface area contributed by atoms with Gasteiger partial charge >= 0.3 is 5.97 Å². The highest BCUT2D eigenvalue weighted by Gasteiger charge is 2.06. The predicted octanol–water partition coefficient (Wildman–Crippen LogP) is 5.68. The monoisotopic (exact) mass is 398 g/mol. The molecule has 4 rings (SSSR count). The summed E-state index contributed by atoms with van der Waals surface area (Å²) in [5.41, 5.74) is 5.19. The molecule has 1 aromatic heterocycles. The molecule has 0 unspecified atom stereocenters. The molecule has 0 fully saturated rings. The summed E-state index contributed by atoms with van der Waals surface area (Å²) in [6, 6.07) is 20.9. The van der Waals surface area contributed by atoms with Gasteiger partial charge in [-0.25, -0.2) is 9.78 Å². The van der Waals surface area contributed by atoms with E-state index < -0.39 is 5.97 Å². The van der Waals surface area contributed by atoms with E-state index in [-0.39, 0.29) is 11.7 Å². The molecule has 1 heterocycles. The number of hydrogen-bond donors (Lipinski definition) is 1. The van der Waals surface area contributed by atoms with Gasteiger partial charge in [0.25, 0.3) is 0 Å². The second kappa shape index (κ2) is 8.25. The molecule has 0 aliphatic carbocycles. The van der Waals surface area contributed by atoms with E-state index in [2.05, 4.69) is 4.98 Å². The Morgan fingerprint density at radius 2 is 1.63 bits per heavy atom. The Morgan fingerprint density at radius 1 is 0.967 bits per heavy atom. The van der Waals surface area contributed by atoms with E-state index in [0.29, 0.717) is 0 Å². The van der Waals surface area contributed by atoms with Crippen LogP contribution >= 0.6 is 0 Å². The maximum Gasteiger partial charge on any atom is 0.335 e. The number of benzene rings is 3. The minimum atomic E-state index is -0.923. The van der Waals surface area contributed by atoms with Crippen LogP contribution < -0.4 is 4.74 Å². The topological polar surface area (TPSA) is 64.4 Å². The second-order valence-electron chi connectivity index (χ2n) is 7.28. The zero-order chi connectivity index (χ0) is 21.1. The number of carboxylic acid groups (broad SMARTS) is 1. The molecule has 0 aliphatic heterocycles. The maximum atomic E-state index is 10.9. The number of aromatic carboxylic acids is 1. The summed E-state index contributed by atoms with van der Waals surface area (Å²) in [5.74, 6) is -0.0735. The lowest BCUT2D eigenvalue weighted by Crippen LogP contribution is -2.05. The van der Waals surface area contributed by atoms with E-state index in [1.54, 1.807) is 24.3 Å². The smallest absolute Gasteiger partial charge is 0.335 e. The van der Waals surface area contributed by atoms with Gasteiger partial charge in [-0.3, -0.25) is 4.57 Å². The molecule has 0 radical (unpaired) electrons. The van der Waals surface area contributed by atoms with Crippen LogP contribution in [0.25, 0.3) is 28.9 Å². The fraction of sp³-hybridized carbons (Fsp3) is 0.120. The molecule has 0 bridgehead atoms. The Kier molecular flexibility index (Phi) is 5.35. The molecule has 5 heteroatoms. The third kappa shape index (κ3) is 4.25. The summed E-state index contributed by atoms with van der Waals surface area (Å²) in [4.78, 5) is 15.5. The number of aromatic nitrogens is 2. The minimum Gasteiger partial charge on any atom is -0.491 e. The number of nitrogens with zero attached hydrogens (tertiary/aromatic N) is 2. The summed E-state index contributed by atoms with van der Waals surface area (Å²) >= 11 is 0. The van der Waals surface area contributed by atoms with Crippen molar-refractivity contribution in [3.63, 3.8) is 0 Å². The van der Waals surface area contributed by atoms with Crippen molar-refractivity contribution in [1.29, 1.82) is 0 Å². The molecule has 3 aromatic carbocycles. The molecule has 150 valence electrons. The molecular weight excluding hydrogens is 376 g/mol. The van der Waals surface area contributed by atoms with Gasteiger partial charge in [-0.2, -0.15) is 0 Å². The summed E-state index contributed by atoms with van der Waals surface area (Å²) in [7, 11) is 0. The van der Waals surface area contributed by atoms with E-state index in [4.69, 9.17) is 9.84 Å². The number of carbonyl (C=O) groups is 1. The molecule has 0 atom stereocenters. The molecule has 0 saturated heterocycles. The fourth-order valence-electron chi connectivity index (χ4n) is 3.23. The SMILES string of the molecule is CC(C)Oc1ccc(-n2cnc3cc(/C=C/c4ccc(C(=O)O)cc4)ccc32)cc1.